The second kappa shape index (κ2) is 6.62. The number of pyridine rings is 1. The fourth-order valence-electron chi connectivity index (χ4n) is 4.25. The van der Waals surface area contributed by atoms with E-state index in [1.807, 2.05) is 23.0 Å². The Balaban J connectivity index is 1.84. The molecule has 6 nitrogen and oxygen atoms in total. The summed E-state index contributed by atoms with van der Waals surface area (Å²) in [5, 5.41) is 8.08. The summed E-state index contributed by atoms with van der Waals surface area (Å²) in [6.07, 6.45) is 9.40. The lowest BCUT2D eigenvalue weighted by Crippen LogP contribution is -2.35. The van der Waals surface area contributed by atoms with E-state index in [1.165, 1.54) is 6.42 Å². The van der Waals surface area contributed by atoms with Crippen molar-refractivity contribution in [3.05, 3.63) is 48.0 Å². The summed E-state index contributed by atoms with van der Waals surface area (Å²) in [6, 6.07) is 4.31. The highest BCUT2D eigenvalue weighted by Crippen LogP contribution is 2.44. The predicted molar refractivity (Wildman–Crippen MR) is 111 cm³/mol. The van der Waals surface area contributed by atoms with E-state index in [-0.39, 0.29) is 11.5 Å². The van der Waals surface area contributed by atoms with Gasteiger partial charge >= 0.3 is 0 Å². The number of nitrogens with zero attached hydrogens (tertiary/aromatic N) is 3. The van der Waals surface area contributed by atoms with Crippen LogP contribution in [0.15, 0.2) is 36.9 Å². The molecule has 0 bridgehead atoms. The number of amides is 1. The van der Waals surface area contributed by atoms with Crippen LogP contribution in [-0.2, 0) is 0 Å². The van der Waals surface area contributed by atoms with Gasteiger partial charge in [0.2, 0.25) is 0 Å². The Hall–Kier alpha value is -2.89. The average molecular weight is 377 g/mol. The van der Waals surface area contributed by atoms with E-state index in [0.717, 1.165) is 34.3 Å². The Labute approximate surface area is 165 Å². The van der Waals surface area contributed by atoms with E-state index in [1.54, 1.807) is 12.4 Å². The topological polar surface area (TPSA) is 85.3 Å². The number of nitrogens with two attached hydrogens (primary N) is 1. The molecule has 1 amide bonds. The zero-order chi connectivity index (χ0) is 20.1. The fraction of sp³-hybridized carbons (Fsp3) is 0.409. The van der Waals surface area contributed by atoms with Gasteiger partial charge in [-0.05, 0) is 48.8 Å². The lowest BCUT2D eigenvalue weighted by atomic mass is 9.80. The van der Waals surface area contributed by atoms with Crippen LogP contribution in [0.2, 0.25) is 0 Å². The maximum Gasteiger partial charge on any atom is 0.252 e. The minimum absolute atomic E-state index is 0.130. The Morgan fingerprint density at radius 3 is 2.75 bits per heavy atom. The molecule has 2 atom stereocenters. The normalized spacial score (nSPS) is 21.1. The van der Waals surface area contributed by atoms with E-state index in [0.29, 0.717) is 11.5 Å². The monoisotopic (exact) mass is 377 g/mol. The number of primary amides is 1. The van der Waals surface area contributed by atoms with Crippen LogP contribution in [-0.4, -0.2) is 26.5 Å². The van der Waals surface area contributed by atoms with E-state index in [2.05, 4.69) is 49.2 Å². The van der Waals surface area contributed by atoms with Crippen molar-refractivity contribution in [2.24, 2.45) is 17.1 Å². The Morgan fingerprint density at radius 1 is 1.32 bits per heavy atom. The van der Waals surface area contributed by atoms with E-state index in [9.17, 15) is 4.79 Å². The first kappa shape index (κ1) is 18.5. The molecular formula is C22H27N5O. The van der Waals surface area contributed by atoms with Crippen molar-refractivity contribution in [1.82, 2.24) is 14.6 Å². The van der Waals surface area contributed by atoms with E-state index >= 15 is 0 Å². The lowest BCUT2D eigenvalue weighted by Gasteiger charge is -2.33. The van der Waals surface area contributed by atoms with Crippen molar-refractivity contribution in [3.63, 3.8) is 0 Å². The van der Waals surface area contributed by atoms with Crippen molar-refractivity contribution in [3.8, 4) is 11.1 Å². The van der Waals surface area contributed by atoms with Crippen LogP contribution in [0.1, 0.15) is 49.5 Å². The van der Waals surface area contributed by atoms with Crippen LogP contribution in [0.5, 0.6) is 0 Å². The second-order valence-electron chi connectivity index (χ2n) is 8.54. The smallest absolute Gasteiger partial charge is 0.252 e. The molecule has 28 heavy (non-hydrogen) atoms. The molecule has 1 aliphatic rings. The molecule has 146 valence electrons. The van der Waals surface area contributed by atoms with Crippen LogP contribution in [0.3, 0.4) is 0 Å². The maximum absolute atomic E-state index is 12.1. The molecule has 4 rings (SSSR count). The number of fused-ring (bicyclic) bond motifs is 1. The van der Waals surface area contributed by atoms with Gasteiger partial charge in [0.15, 0.2) is 0 Å². The highest BCUT2D eigenvalue weighted by Gasteiger charge is 2.41. The molecule has 3 aromatic heterocycles. The summed E-state index contributed by atoms with van der Waals surface area (Å²) in [5.74, 6) is 0.141. The number of carbonyl (C=O) groups excluding carboxylic acids is 1. The lowest BCUT2D eigenvalue weighted by molar-refractivity contribution is 0.100. The van der Waals surface area contributed by atoms with Crippen LogP contribution in [0.25, 0.3) is 16.6 Å². The highest BCUT2D eigenvalue weighted by atomic mass is 16.1. The number of carbonyl (C=O) groups is 1. The minimum atomic E-state index is -0.471. The summed E-state index contributed by atoms with van der Waals surface area (Å²) in [6.45, 7) is 8.92. The molecule has 0 radical (unpaired) electrons. The third kappa shape index (κ3) is 2.93. The van der Waals surface area contributed by atoms with Crippen LogP contribution >= 0.6 is 0 Å². The summed E-state index contributed by atoms with van der Waals surface area (Å²) < 4.78 is 1.81. The van der Waals surface area contributed by atoms with Crippen molar-refractivity contribution in [1.29, 1.82) is 0 Å². The molecule has 1 saturated carbocycles. The first-order chi connectivity index (χ1) is 13.3. The Morgan fingerprint density at radius 2 is 2.11 bits per heavy atom. The zero-order valence-corrected chi connectivity index (χ0v) is 16.9. The first-order valence-corrected chi connectivity index (χ1v) is 9.77. The molecule has 0 aromatic carbocycles. The van der Waals surface area contributed by atoms with E-state index < -0.39 is 5.91 Å². The van der Waals surface area contributed by atoms with Crippen LogP contribution < -0.4 is 11.1 Å². The van der Waals surface area contributed by atoms with E-state index in [4.69, 9.17) is 5.73 Å². The molecular weight excluding hydrogens is 350 g/mol. The van der Waals surface area contributed by atoms with Gasteiger partial charge < -0.3 is 11.1 Å². The van der Waals surface area contributed by atoms with Gasteiger partial charge in [-0.3, -0.25) is 9.78 Å². The molecule has 3 N–H and O–H groups in total. The summed E-state index contributed by atoms with van der Waals surface area (Å²) >= 11 is 0. The molecule has 0 spiro atoms. The highest BCUT2D eigenvalue weighted by molar-refractivity contribution is 6.02. The van der Waals surface area contributed by atoms with Gasteiger partial charge in [-0.2, -0.15) is 5.10 Å². The van der Waals surface area contributed by atoms with Gasteiger partial charge in [0.25, 0.3) is 5.91 Å². The summed E-state index contributed by atoms with van der Waals surface area (Å²) in [4.78, 5) is 16.4. The van der Waals surface area contributed by atoms with Gasteiger partial charge in [0, 0.05) is 35.8 Å². The number of aryl methyl sites for hydroxylation is 1. The maximum atomic E-state index is 12.1. The number of rotatable bonds is 4. The first-order valence-electron chi connectivity index (χ1n) is 9.77. The number of aromatic nitrogens is 3. The third-order valence-electron chi connectivity index (χ3n) is 6.63. The van der Waals surface area contributed by atoms with Crippen molar-refractivity contribution < 1.29 is 4.79 Å². The van der Waals surface area contributed by atoms with Gasteiger partial charge in [0.1, 0.15) is 0 Å². The molecule has 3 heterocycles. The number of hydrogen-bond donors (Lipinski definition) is 2. The average Bonchev–Trinajstić information content (AvgIpc) is 3.18. The van der Waals surface area contributed by atoms with Gasteiger partial charge in [0.05, 0.1) is 23.0 Å². The molecule has 1 aliphatic carbocycles. The fourth-order valence-corrected chi connectivity index (χ4v) is 4.25. The largest absolute Gasteiger partial charge is 0.379 e. The quantitative estimate of drug-likeness (QED) is 0.718. The molecule has 6 heteroatoms. The van der Waals surface area contributed by atoms with Crippen molar-refractivity contribution in [2.75, 3.05) is 5.32 Å². The van der Waals surface area contributed by atoms with Crippen molar-refractivity contribution in [2.45, 2.75) is 46.6 Å². The summed E-state index contributed by atoms with van der Waals surface area (Å²) in [5.41, 5.74) is 11.1. The third-order valence-corrected chi connectivity index (χ3v) is 6.63. The molecule has 1 unspecified atom stereocenters. The van der Waals surface area contributed by atoms with Gasteiger partial charge in [-0.15, -0.1) is 0 Å². The number of anilines is 1. The Kier molecular flexibility index (Phi) is 4.37. The second-order valence-corrected chi connectivity index (χ2v) is 8.54. The Bertz CT molecular complexity index is 1050. The molecule has 0 saturated heterocycles. The number of nitrogens with one attached hydrogen (secondary N) is 1. The minimum Gasteiger partial charge on any atom is -0.379 e. The molecule has 3 aromatic rings. The van der Waals surface area contributed by atoms with Crippen LogP contribution in [0.4, 0.5) is 5.69 Å². The summed E-state index contributed by atoms with van der Waals surface area (Å²) in [7, 11) is 0. The molecule has 0 aliphatic heterocycles. The standard InChI is InChI=1S/C22H27N5O/c1-13-7-8-24-10-16(13)15-9-18-20(17(21(23)28)11-25-27(18)12-15)26-19-6-5-14(2)22(19,3)4/h7-12,14,19,26H,5-6H2,1-4H3,(H2,23,28)/t14?,19-/m1/s1. The van der Waals surface area contributed by atoms with Gasteiger partial charge in [-0.1, -0.05) is 20.8 Å². The predicted octanol–water partition coefficient (Wildman–Crippen LogP) is 4.04. The van der Waals surface area contributed by atoms with Crippen LogP contribution in [0, 0.1) is 18.3 Å². The van der Waals surface area contributed by atoms with Gasteiger partial charge in [-0.25, -0.2) is 4.52 Å². The number of hydrogen-bond acceptors (Lipinski definition) is 4. The van der Waals surface area contributed by atoms with Crippen molar-refractivity contribution >= 4 is 17.1 Å². The SMILES string of the molecule is Cc1ccncc1-c1cc2c(N[C@@H]3CCC(C)C3(C)C)c(C(N)=O)cnn2c1. The molecule has 1 fully saturated rings. The zero-order valence-electron chi connectivity index (χ0n) is 16.9.